The zero-order chi connectivity index (χ0) is 10.4. The lowest BCUT2D eigenvalue weighted by Gasteiger charge is -2.23. The molecule has 0 aromatic heterocycles. The van der Waals surface area contributed by atoms with Gasteiger partial charge in [0, 0.05) is 6.42 Å². The third-order valence-electron chi connectivity index (χ3n) is 1.77. The summed E-state index contributed by atoms with van der Waals surface area (Å²) in [6, 6.07) is 0. The first-order chi connectivity index (χ1) is 6.02. The molecule has 0 heterocycles. The molecule has 0 aromatic rings. The van der Waals surface area contributed by atoms with E-state index in [1.165, 1.54) is 7.05 Å². The van der Waals surface area contributed by atoms with Crippen LogP contribution in [0.25, 0.3) is 0 Å². The lowest BCUT2D eigenvalue weighted by molar-refractivity contribution is -0.0894. The maximum Gasteiger partial charge on any atom is 0.108 e. The fourth-order valence-corrected chi connectivity index (χ4v) is 0.850. The lowest BCUT2D eigenvalue weighted by atomic mass is 10.1. The van der Waals surface area contributed by atoms with E-state index in [2.05, 4.69) is 5.32 Å². The van der Waals surface area contributed by atoms with Crippen LogP contribution in [0.1, 0.15) is 6.42 Å². The van der Waals surface area contributed by atoms with E-state index in [1.54, 1.807) is 0 Å². The smallest absolute Gasteiger partial charge is 0.108 e. The molecule has 6 heteroatoms. The van der Waals surface area contributed by atoms with E-state index in [1.807, 2.05) is 0 Å². The molecule has 13 heavy (non-hydrogen) atoms. The Bertz CT molecular complexity index is 134. The maximum atomic E-state index is 9.20. The van der Waals surface area contributed by atoms with E-state index in [-0.39, 0.29) is 6.42 Å². The van der Waals surface area contributed by atoms with Crippen LogP contribution in [0, 0.1) is 0 Å². The highest BCUT2D eigenvalue weighted by Gasteiger charge is 2.25. The highest BCUT2D eigenvalue weighted by molar-refractivity contribution is 4.76. The van der Waals surface area contributed by atoms with Gasteiger partial charge in [0.25, 0.3) is 0 Å². The van der Waals surface area contributed by atoms with Crippen molar-refractivity contribution in [3.8, 4) is 0 Å². The predicted molar refractivity (Wildman–Crippen MR) is 44.8 cm³/mol. The molecule has 0 aromatic carbocycles. The Kier molecular flexibility index (Phi) is 6.13. The summed E-state index contributed by atoms with van der Waals surface area (Å²) in [5.74, 6) is 0. The molecule has 0 saturated carbocycles. The van der Waals surface area contributed by atoms with Gasteiger partial charge in [-0.25, -0.2) is 0 Å². The second-order valence-corrected chi connectivity index (χ2v) is 2.85. The molecule has 6 nitrogen and oxygen atoms in total. The van der Waals surface area contributed by atoms with Crippen molar-refractivity contribution in [3.05, 3.63) is 0 Å². The van der Waals surface area contributed by atoms with Gasteiger partial charge in [0.15, 0.2) is 0 Å². The molecule has 0 amide bonds. The Morgan fingerprint density at radius 3 is 2.00 bits per heavy atom. The van der Waals surface area contributed by atoms with Crippen molar-refractivity contribution in [1.29, 1.82) is 0 Å². The molecule has 0 bridgehead atoms. The SMILES string of the molecule is CNC(O)C[C@@H](O)[C@H](O)[C@H](O)CO. The number of rotatable bonds is 6. The molecule has 0 aliphatic rings. The van der Waals surface area contributed by atoms with Gasteiger partial charge < -0.3 is 25.5 Å². The van der Waals surface area contributed by atoms with Crippen LogP contribution in [0.5, 0.6) is 0 Å². The fourth-order valence-electron chi connectivity index (χ4n) is 0.850. The van der Waals surface area contributed by atoms with Crippen molar-refractivity contribution < 1.29 is 25.5 Å². The van der Waals surface area contributed by atoms with Crippen LogP contribution in [0.3, 0.4) is 0 Å². The minimum absolute atomic E-state index is 0.116. The zero-order valence-corrected chi connectivity index (χ0v) is 7.46. The first-order valence-corrected chi connectivity index (χ1v) is 4.03. The highest BCUT2D eigenvalue weighted by atomic mass is 16.4. The van der Waals surface area contributed by atoms with Gasteiger partial charge in [-0.05, 0) is 7.05 Å². The number of aliphatic hydroxyl groups is 5. The Morgan fingerprint density at radius 1 is 1.08 bits per heavy atom. The van der Waals surface area contributed by atoms with Gasteiger partial charge in [-0.3, -0.25) is 5.32 Å². The standard InChI is InChI=1S/C7H17NO5/c1-8-6(12)2-4(10)7(13)5(11)3-9/h4-13H,2-3H2,1H3/t4-,5-,6?,7+/m1/s1. The summed E-state index contributed by atoms with van der Waals surface area (Å²) in [5.41, 5.74) is 0. The number of hydrogen-bond donors (Lipinski definition) is 6. The normalized spacial score (nSPS) is 20.8. The van der Waals surface area contributed by atoms with Crippen molar-refractivity contribution >= 4 is 0 Å². The van der Waals surface area contributed by atoms with Gasteiger partial charge in [-0.2, -0.15) is 0 Å². The molecule has 0 aliphatic carbocycles. The molecule has 0 rings (SSSR count). The molecule has 0 spiro atoms. The highest BCUT2D eigenvalue weighted by Crippen LogP contribution is 2.05. The van der Waals surface area contributed by atoms with Crippen LogP contribution in [0.15, 0.2) is 0 Å². The van der Waals surface area contributed by atoms with Crippen molar-refractivity contribution in [3.63, 3.8) is 0 Å². The first-order valence-electron chi connectivity index (χ1n) is 4.03. The molecule has 6 N–H and O–H groups in total. The zero-order valence-electron chi connectivity index (χ0n) is 7.46. The van der Waals surface area contributed by atoms with Crippen molar-refractivity contribution in [2.24, 2.45) is 0 Å². The van der Waals surface area contributed by atoms with Gasteiger partial charge in [0.1, 0.15) is 18.4 Å². The Morgan fingerprint density at radius 2 is 1.62 bits per heavy atom. The van der Waals surface area contributed by atoms with E-state index in [0.29, 0.717) is 0 Å². The monoisotopic (exact) mass is 195 g/mol. The average Bonchev–Trinajstić information content (AvgIpc) is 2.14. The summed E-state index contributed by atoms with van der Waals surface area (Å²) in [6.45, 7) is -0.631. The number of aliphatic hydroxyl groups excluding tert-OH is 5. The van der Waals surface area contributed by atoms with Gasteiger partial charge in [0.05, 0.1) is 12.7 Å². The number of nitrogens with one attached hydrogen (secondary N) is 1. The Labute approximate surface area is 76.4 Å². The van der Waals surface area contributed by atoms with Crippen molar-refractivity contribution in [2.75, 3.05) is 13.7 Å². The number of hydrogen-bond acceptors (Lipinski definition) is 6. The van der Waals surface area contributed by atoms with Gasteiger partial charge in [-0.15, -0.1) is 0 Å². The summed E-state index contributed by atoms with van der Waals surface area (Å²) in [5, 5.41) is 47.2. The lowest BCUT2D eigenvalue weighted by Crippen LogP contribution is -2.43. The summed E-state index contributed by atoms with van der Waals surface area (Å²) < 4.78 is 0. The van der Waals surface area contributed by atoms with Crippen molar-refractivity contribution in [1.82, 2.24) is 5.32 Å². The Hall–Kier alpha value is -0.240. The van der Waals surface area contributed by atoms with Crippen LogP contribution in [-0.4, -0.2) is 63.7 Å². The maximum absolute atomic E-state index is 9.20. The summed E-state index contributed by atoms with van der Waals surface area (Å²) in [4.78, 5) is 0. The minimum atomic E-state index is -1.45. The molecule has 0 saturated heterocycles. The third-order valence-corrected chi connectivity index (χ3v) is 1.77. The largest absolute Gasteiger partial charge is 0.394 e. The minimum Gasteiger partial charge on any atom is -0.394 e. The Balaban J connectivity index is 3.87. The topological polar surface area (TPSA) is 113 Å². The molecule has 0 fully saturated rings. The predicted octanol–water partition coefficient (Wildman–Crippen LogP) is -3.01. The second kappa shape index (κ2) is 6.25. The fraction of sp³-hybridized carbons (Fsp3) is 1.00. The van der Waals surface area contributed by atoms with E-state index in [9.17, 15) is 5.11 Å². The van der Waals surface area contributed by atoms with Crippen LogP contribution in [-0.2, 0) is 0 Å². The van der Waals surface area contributed by atoms with E-state index >= 15 is 0 Å². The first kappa shape index (κ1) is 12.8. The van der Waals surface area contributed by atoms with Gasteiger partial charge in [0.2, 0.25) is 0 Å². The van der Waals surface area contributed by atoms with Gasteiger partial charge in [-0.1, -0.05) is 0 Å². The van der Waals surface area contributed by atoms with Crippen LogP contribution in [0.4, 0.5) is 0 Å². The molecular weight excluding hydrogens is 178 g/mol. The molecular formula is C7H17NO5. The van der Waals surface area contributed by atoms with Crippen LogP contribution >= 0.6 is 0 Å². The second-order valence-electron chi connectivity index (χ2n) is 2.85. The van der Waals surface area contributed by atoms with Gasteiger partial charge >= 0.3 is 0 Å². The van der Waals surface area contributed by atoms with Crippen LogP contribution < -0.4 is 5.32 Å². The summed E-state index contributed by atoms with van der Waals surface area (Å²) in [7, 11) is 1.49. The summed E-state index contributed by atoms with van der Waals surface area (Å²) in [6.07, 6.45) is -5.18. The third kappa shape index (κ3) is 4.51. The molecule has 0 aliphatic heterocycles. The molecule has 0 radical (unpaired) electrons. The molecule has 1 unspecified atom stereocenters. The van der Waals surface area contributed by atoms with Crippen LogP contribution in [0.2, 0.25) is 0 Å². The average molecular weight is 195 g/mol. The molecule has 80 valence electrons. The van der Waals surface area contributed by atoms with E-state index < -0.39 is 31.1 Å². The van der Waals surface area contributed by atoms with E-state index in [4.69, 9.17) is 20.4 Å². The van der Waals surface area contributed by atoms with E-state index in [0.717, 1.165) is 0 Å². The summed E-state index contributed by atoms with van der Waals surface area (Å²) >= 11 is 0. The van der Waals surface area contributed by atoms with Crippen molar-refractivity contribution in [2.45, 2.75) is 31.0 Å². The quantitative estimate of drug-likeness (QED) is 0.252. The molecule has 4 atom stereocenters.